The number of anilines is 2. The van der Waals surface area contributed by atoms with Crippen LogP contribution >= 0.6 is 0 Å². The fourth-order valence-electron chi connectivity index (χ4n) is 4.34. The maximum atomic E-state index is 13.5. The first kappa shape index (κ1) is 20.8. The highest BCUT2D eigenvalue weighted by Crippen LogP contribution is 2.46. The smallest absolute Gasteiger partial charge is 0.314 e. The van der Waals surface area contributed by atoms with Crippen LogP contribution in [0.15, 0.2) is 54.2 Å². The van der Waals surface area contributed by atoms with E-state index < -0.39 is 30.2 Å². The summed E-state index contributed by atoms with van der Waals surface area (Å²) in [6, 6.07) is 11.8. The molecule has 2 aromatic rings. The Morgan fingerprint density at radius 3 is 2.74 bits per heavy atom. The molecular weight excluding hydrogens is 399 g/mol. The molecule has 4 rings (SSSR count). The molecule has 1 N–H and O–H groups in total. The first-order valence-electron chi connectivity index (χ1n) is 10.0. The highest BCUT2D eigenvalue weighted by atomic mass is 19.1. The van der Waals surface area contributed by atoms with Crippen LogP contribution in [0.5, 0.6) is 0 Å². The van der Waals surface area contributed by atoms with Crippen molar-refractivity contribution in [2.24, 2.45) is 0 Å². The van der Waals surface area contributed by atoms with Crippen LogP contribution in [-0.4, -0.2) is 31.3 Å². The van der Waals surface area contributed by atoms with Gasteiger partial charge in [0, 0.05) is 42.0 Å². The van der Waals surface area contributed by atoms with Crippen LogP contribution in [0.2, 0.25) is 0 Å². The SMILES string of the molecule is CN1/C(=C/C(=O)COC(=O)[C@@H]2CC(=O)Nc3cc(F)ccc32)C(C)(C)c2ccccc21. The van der Waals surface area contributed by atoms with E-state index in [2.05, 4.69) is 5.32 Å². The number of nitrogens with one attached hydrogen (secondary N) is 1. The zero-order valence-electron chi connectivity index (χ0n) is 17.6. The third kappa shape index (κ3) is 3.71. The minimum Gasteiger partial charge on any atom is -0.457 e. The molecule has 0 fully saturated rings. The van der Waals surface area contributed by atoms with Gasteiger partial charge in [0.05, 0.1) is 5.92 Å². The fraction of sp³-hybridized carbons (Fsp3) is 0.292. The summed E-state index contributed by atoms with van der Waals surface area (Å²) in [6.45, 7) is 3.64. The van der Waals surface area contributed by atoms with Gasteiger partial charge in [0.1, 0.15) is 5.82 Å². The number of carbonyl (C=O) groups excluding carboxylic acids is 3. The van der Waals surface area contributed by atoms with Crippen molar-refractivity contribution in [3.05, 3.63) is 71.2 Å². The van der Waals surface area contributed by atoms with Crippen molar-refractivity contribution in [1.82, 2.24) is 0 Å². The van der Waals surface area contributed by atoms with Crippen molar-refractivity contribution in [2.75, 3.05) is 23.9 Å². The molecule has 2 aliphatic rings. The Balaban J connectivity index is 1.48. The van der Waals surface area contributed by atoms with Crippen molar-refractivity contribution in [3.8, 4) is 0 Å². The lowest BCUT2D eigenvalue weighted by Crippen LogP contribution is -2.30. The molecule has 0 saturated carbocycles. The van der Waals surface area contributed by atoms with Gasteiger partial charge >= 0.3 is 5.97 Å². The zero-order valence-corrected chi connectivity index (χ0v) is 17.6. The number of nitrogens with zero attached hydrogens (tertiary/aromatic N) is 1. The second-order valence-corrected chi connectivity index (χ2v) is 8.34. The average molecular weight is 422 g/mol. The van der Waals surface area contributed by atoms with Gasteiger partial charge in [0.15, 0.2) is 12.4 Å². The van der Waals surface area contributed by atoms with Crippen molar-refractivity contribution in [2.45, 2.75) is 31.6 Å². The molecule has 0 aromatic heterocycles. The van der Waals surface area contributed by atoms with Gasteiger partial charge in [-0.1, -0.05) is 38.1 Å². The molecule has 2 aliphatic heterocycles. The van der Waals surface area contributed by atoms with Crippen molar-refractivity contribution in [1.29, 1.82) is 0 Å². The summed E-state index contributed by atoms with van der Waals surface area (Å²) in [5.41, 5.74) is 3.32. The van der Waals surface area contributed by atoms with E-state index in [1.807, 2.05) is 50.1 Å². The number of halogens is 1. The van der Waals surface area contributed by atoms with Crippen LogP contribution in [0.4, 0.5) is 15.8 Å². The van der Waals surface area contributed by atoms with E-state index in [4.69, 9.17) is 4.74 Å². The Bertz CT molecular complexity index is 1120. The Kier molecular flexibility index (Phi) is 5.13. The van der Waals surface area contributed by atoms with Crippen molar-refractivity contribution >= 4 is 29.0 Å². The molecule has 1 atom stereocenters. The molecule has 0 radical (unpaired) electrons. The predicted molar refractivity (Wildman–Crippen MR) is 114 cm³/mol. The number of allylic oxidation sites excluding steroid dienone is 1. The van der Waals surface area contributed by atoms with Gasteiger partial charge in [-0.15, -0.1) is 0 Å². The van der Waals surface area contributed by atoms with Crippen LogP contribution < -0.4 is 10.2 Å². The Morgan fingerprint density at radius 1 is 1.26 bits per heavy atom. The number of fused-ring (bicyclic) bond motifs is 2. The number of ether oxygens (including phenoxy) is 1. The topological polar surface area (TPSA) is 75.7 Å². The summed E-state index contributed by atoms with van der Waals surface area (Å²) in [4.78, 5) is 39.1. The van der Waals surface area contributed by atoms with Crippen LogP contribution in [-0.2, 0) is 24.5 Å². The first-order valence-corrected chi connectivity index (χ1v) is 10.0. The van der Waals surface area contributed by atoms with Gasteiger partial charge < -0.3 is 15.0 Å². The lowest BCUT2D eigenvalue weighted by atomic mass is 9.83. The van der Waals surface area contributed by atoms with Crippen LogP contribution in [0.25, 0.3) is 0 Å². The van der Waals surface area contributed by atoms with Gasteiger partial charge in [-0.3, -0.25) is 14.4 Å². The highest BCUT2D eigenvalue weighted by Gasteiger charge is 2.38. The van der Waals surface area contributed by atoms with E-state index >= 15 is 0 Å². The Morgan fingerprint density at radius 2 is 2.00 bits per heavy atom. The standard InChI is InChI=1S/C24H23FN2O4/c1-24(2)18-6-4-5-7-20(18)27(3)21(24)11-15(28)13-31-23(30)17-12-22(29)26-19-10-14(25)8-9-16(17)19/h4-11,17H,12-13H2,1-3H3,(H,26,29)/b21-11+/t17-/m1/s1. The molecule has 1 amide bonds. The minimum atomic E-state index is -0.875. The number of ketones is 1. The van der Waals surface area contributed by atoms with E-state index in [-0.39, 0.29) is 23.3 Å². The van der Waals surface area contributed by atoms with Crippen LogP contribution in [0.3, 0.4) is 0 Å². The van der Waals surface area contributed by atoms with Crippen molar-refractivity contribution < 1.29 is 23.5 Å². The van der Waals surface area contributed by atoms with Crippen LogP contribution in [0, 0.1) is 5.82 Å². The number of esters is 1. The summed E-state index contributed by atoms with van der Waals surface area (Å²) in [6.07, 6.45) is 1.39. The summed E-state index contributed by atoms with van der Waals surface area (Å²) in [7, 11) is 1.90. The quantitative estimate of drug-likeness (QED) is 0.601. The van der Waals surface area contributed by atoms with E-state index in [0.29, 0.717) is 5.56 Å². The van der Waals surface area contributed by atoms with Gasteiger partial charge in [0.2, 0.25) is 5.91 Å². The largest absolute Gasteiger partial charge is 0.457 e. The first-order chi connectivity index (χ1) is 14.7. The van der Waals surface area contributed by atoms with E-state index in [1.165, 1.54) is 18.2 Å². The normalized spacial score (nSPS) is 20.1. The third-order valence-corrected chi connectivity index (χ3v) is 5.93. The summed E-state index contributed by atoms with van der Waals surface area (Å²) in [5.74, 6) is -2.83. The molecule has 7 heteroatoms. The van der Waals surface area contributed by atoms with E-state index in [9.17, 15) is 18.8 Å². The average Bonchev–Trinajstić information content (AvgIpc) is 2.92. The molecule has 0 aliphatic carbocycles. The lowest BCUT2D eigenvalue weighted by molar-refractivity contribution is -0.149. The molecule has 6 nitrogen and oxygen atoms in total. The number of likely N-dealkylation sites (N-methyl/N-ethyl adjacent to an activating group) is 1. The predicted octanol–water partition coefficient (Wildman–Crippen LogP) is 3.68. The van der Waals surface area contributed by atoms with Gasteiger partial charge in [-0.2, -0.15) is 0 Å². The molecule has 2 heterocycles. The van der Waals surface area contributed by atoms with Gasteiger partial charge in [0.25, 0.3) is 0 Å². The number of hydrogen-bond acceptors (Lipinski definition) is 5. The lowest BCUT2D eigenvalue weighted by Gasteiger charge is -2.25. The third-order valence-electron chi connectivity index (χ3n) is 5.93. The minimum absolute atomic E-state index is 0.113. The summed E-state index contributed by atoms with van der Waals surface area (Å²) < 4.78 is 18.7. The van der Waals surface area contributed by atoms with Crippen LogP contribution in [0.1, 0.15) is 37.3 Å². The Hall–Kier alpha value is -3.48. The molecule has 160 valence electrons. The molecule has 2 aromatic carbocycles. The number of hydrogen-bond donors (Lipinski definition) is 1. The van der Waals surface area contributed by atoms with Gasteiger partial charge in [-0.05, 0) is 29.3 Å². The van der Waals surface area contributed by atoms with Crippen molar-refractivity contribution in [3.63, 3.8) is 0 Å². The zero-order chi connectivity index (χ0) is 22.3. The molecule has 0 saturated heterocycles. The fourth-order valence-corrected chi connectivity index (χ4v) is 4.34. The second-order valence-electron chi connectivity index (χ2n) is 8.34. The summed E-state index contributed by atoms with van der Waals surface area (Å²) >= 11 is 0. The maximum Gasteiger partial charge on any atom is 0.314 e. The second kappa shape index (κ2) is 7.65. The number of benzene rings is 2. The molecule has 0 unspecified atom stereocenters. The number of para-hydroxylation sites is 1. The molecule has 31 heavy (non-hydrogen) atoms. The Labute approximate surface area is 179 Å². The summed E-state index contributed by atoms with van der Waals surface area (Å²) in [5, 5.41) is 2.55. The van der Waals surface area contributed by atoms with E-state index in [0.717, 1.165) is 23.0 Å². The number of carbonyl (C=O) groups is 3. The monoisotopic (exact) mass is 422 g/mol. The highest BCUT2D eigenvalue weighted by molar-refractivity contribution is 6.01. The maximum absolute atomic E-state index is 13.5. The molecular formula is C24H23FN2O4. The van der Waals surface area contributed by atoms with Gasteiger partial charge in [-0.25, -0.2) is 4.39 Å². The van der Waals surface area contributed by atoms with E-state index in [1.54, 1.807) is 0 Å². The molecule has 0 bridgehead atoms. The number of amides is 1. The molecule has 0 spiro atoms. The number of rotatable bonds is 4.